The highest BCUT2D eigenvalue weighted by Gasteiger charge is 2.10. The van der Waals surface area contributed by atoms with Crippen LogP contribution in [0.25, 0.3) is 0 Å². The van der Waals surface area contributed by atoms with Gasteiger partial charge in [0.2, 0.25) is 0 Å². The molecule has 1 atom stereocenters. The molecule has 0 aliphatic heterocycles. The molecule has 0 aliphatic rings. The Bertz CT molecular complexity index is 478. The molecule has 2 amide bonds. The zero-order valence-electron chi connectivity index (χ0n) is 13.5. The second-order valence-electron chi connectivity index (χ2n) is 5.29. The van der Waals surface area contributed by atoms with Crippen LogP contribution in [0.5, 0.6) is 0 Å². The van der Waals surface area contributed by atoms with Crippen LogP contribution in [0.1, 0.15) is 33.6 Å². The van der Waals surface area contributed by atoms with E-state index in [-0.39, 0.29) is 12.1 Å². The summed E-state index contributed by atoms with van der Waals surface area (Å²) in [6, 6.07) is 4.85. The Morgan fingerprint density at radius 2 is 1.95 bits per heavy atom. The molecule has 1 rings (SSSR count). The van der Waals surface area contributed by atoms with Gasteiger partial charge in [-0.2, -0.15) is 0 Å². The highest BCUT2D eigenvalue weighted by molar-refractivity contribution is 6.36. The lowest BCUT2D eigenvalue weighted by Crippen LogP contribution is -2.36. The number of carbonyl (C=O) groups is 1. The van der Waals surface area contributed by atoms with Gasteiger partial charge in [-0.25, -0.2) is 4.79 Å². The average molecular weight is 346 g/mol. The van der Waals surface area contributed by atoms with E-state index in [9.17, 15) is 4.79 Å². The van der Waals surface area contributed by atoms with E-state index in [4.69, 9.17) is 23.2 Å². The third kappa shape index (κ3) is 6.86. The summed E-state index contributed by atoms with van der Waals surface area (Å²) in [6.45, 7) is 9.51. The zero-order chi connectivity index (χ0) is 16.5. The van der Waals surface area contributed by atoms with Gasteiger partial charge in [-0.05, 0) is 57.6 Å². The monoisotopic (exact) mass is 345 g/mol. The Labute approximate surface area is 143 Å². The lowest BCUT2D eigenvalue weighted by Gasteiger charge is -2.20. The van der Waals surface area contributed by atoms with Crippen molar-refractivity contribution >= 4 is 34.9 Å². The summed E-state index contributed by atoms with van der Waals surface area (Å²) in [5.74, 6) is 0. The van der Waals surface area contributed by atoms with Gasteiger partial charge in [-0.1, -0.05) is 37.0 Å². The maximum Gasteiger partial charge on any atom is 0.319 e. The fourth-order valence-corrected chi connectivity index (χ4v) is 2.66. The summed E-state index contributed by atoms with van der Waals surface area (Å²) in [7, 11) is 0. The molecule has 22 heavy (non-hydrogen) atoms. The number of nitrogens with one attached hydrogen (secondary N) is 2. The van der Waals surface area contributed by atoms with Crippen molar-refractivity contribution in [3.05, 3.63) is 28.2 Å². The highest BCUT2D eigenvalue weighted by atomic mass is 35.5. The largest absolute Gasteiger partial charge is 0.335 e. The second kappa shape index (κ2) is 9.93. The lowest BCUT2D eigenvalue weighted by molar-refractivity contribution is 0.247. The molecule has 0 fully saturated rings. The third-order valence-electron chi connectivity index (χ3n) is 3.56. The number of amides is 2. The first-order chi connectivity index (χ1) is 10.5. The van der Waals surface area contributed by atoms with E-state index >= 15 is 0 Å². The van der Waals surface area contributed by atoms with Crippen LogP contribution in [0.4, 0.5) is 10.5 Å². The van der Waals surface area contributed by atoms with E-state index in [1.807, 2.05) is 6.92 Å². The molecule has 0 aliphatic carbocycles. The number of halogens is 2. The van der Waals surface area contributed by atoms with Crippen molar-refractivity contribution in [2.75, 3.05) is 25.0 Å². The Kier molecular flexibility index (Phi) is 8.61. The molecule has 4 nitrogen and oxygen atoms in total. The van der Waals surface area contributed by atoms with Crippen LogP contribution >= 0.6 is 23.2 Å². The van der Waals surface area contributed by atoms with Gasteiger partial charge in [0.1, 0.15) is 0 Å². The van der Waals surface area contributed by atoms with E-state index in [1.54, 1.807) is 18.2 Å². The normalized spacial score (nSPS) is 12.3. The van der Waals surface area contributed by atoms with Gasteiger partial charge in [0.25, 0.3) is 0 Å². The first-order valence-corrected chi connectivity index (χ1v) is 8.46. The standard InChI is InChI=1S/C16H25Cl2N3O/c1-4-21(5-2)10-6-7-12(3)19-16(22)20-15-9-8-13(17)11-14(15)18/h8-9,11-12H,4-7,10H2,1-3H3,(H2,19,20,22). The minimum atomic E-state index is -0.250. The fraction of sp³-hybridized carbons (Fsp3) is 0.562. The van der Waals surface area contributed by atoms with Crippen molar-refractivity contribution in [1.82, 2.24) is 10.2 Å². The van der Waals surface area contributed by atoms with Crippen molar-refractivity contribution in [3.63, 3.8) is 0 Å². The average Bonchev–Trinajstić information content (AvgIpc) is 2.46. The van der Waals surface area contributed by atoms with Crippen LogP contribution in [-0.4, -0.2) is 36.6 Å². The van der Waals surface area contributed by atoms with Crippen molar-refractivity contribution in [3.8, 4) is 0 Å². The van der Waals surface area contributed by atoms with Crippen LogP contribution in [0.2, 0.25) is 10.0 Å². The number of urea groups is 1. The van der Waals surface area contributed by atoms with Crippen LogP contribution in [0.15, 0.2) is 18.2 Å². The van der Waals surface area contributed by atoms with Gasteiger partial charge in [0.05, 0.1) is 10.7 Å². The first kappa shape index (κ1) is 19.1. The van der Waals surface area contributed by atoms with Crippen molar-refractivity contribution in [1.29, 1.82) is 0 Å². The van der Waals surface area contributed by atoms with E-state index in [0.717, 1.165) is 32.5 Å². The fourth-order valence-electron chi connectivity index (χ4n) is 2.21. The zero-order valence-corrected chi connectivity index (χ0v) is 15.0. The maximum atomic E-state index is 11.9. The van der Waals surface area contributed by atoms with Gasteiger partial charge >= 0.3 is 6.03 Å². The molecule has 0 bridgehead atoms. The predicted molar refractivity (Wildman–Crippen MR) is 95.1 cm³/mol. The molecule has 0 spiro atoms. The van der Waals surface area contributed by atoms with E-state index in [2.05, 4.69) is 29.4 Å². The summed E-state index contributed by atoms with van der Waals surface area (Å²) in [4.78, 5) is 14.3. The van der Waals surface area contributed by atoms with Crippen molar-refractivity contribution < 1.29 is 4.79 Å². The minimum Gasteiger partial charge on any atom is -0.335 e. The third-order valence-corrected chi connectivity index (χ3v) is 4.11. The van der Waals surface area contributed by atoms with Gasteiger partial charge in [-0.15, -0.1) is 0 Å². The molecule has 0 saturated heterocycles. The summed E-state index contributed by atoms with van der Waals surface area (Å²) < 4.78 is 0. The Hall–Kier alpha value is -0.970. The molecule has 124 valence electrons. The van der Waals surface area contributed by atoms with Crippen molar-refractivity contribution in [2.24, 2.45) is 0 Å². The number of benzene rings is 1. The molecule has 0 saturated carbocycles. The molecule has 1 unspecified atom stereocenters. The summed E-state index contributed by atoms with van der Waals surface area (Å²) in [5, 5.41) is 6.63. The number of rotatable bonds is 8. The summed E-state index contributed by atoms with van der Waals surface area (Å²) in [6.07, 6.45) is 2.00. The number of carbonyl (C=O) groups excluding carboxylic acids is 1. The molecule has 0 heterocycles. The molecule has 2 N–H and O–H groups in total. The van der Waals surface area contributed by atoms with Crippen LogP contribution in [0.3, 0.4) is 0 Å². The number of nitrogens with zero attached hydrogens (tertiary/aromatic N) is 1. The van der Waals surface area contributed by atoms with E-state index in [0.29, 0.717) is 15.7 Å². The Balaban J connectivity index is 2.35. The van der Waals surface area contributed by atoms with Crippen LogP contribution < -0.4 is 10.6 Å². The smallest absolute Gasteiger partial charge is 0.319 e. The van der Waals surface area contributed by atoms with E-state index < -0.39 is 0 Å². The first-order valence-electron chi connectivity index (χ1n) is 7.71. The van der Waals surface area contributed by atoms with Crippen LogP contribution in [0, 0.1) is 0 Å². The molecule has 0 radical (unpaired) electrons. The maximum absolute atomic E-state index is 11.9. The second-order valence-corrected chi connectivity index (χ2v) is 6.14. The Morgan fingerprint density at radius 3 is 2.55 bits per heavy atom. The number of anilines is 1. The SMILES string of the molecule is CCN(CC)CCCC(C)NC(=O)Nc1ccc(Cl)cc1Cl. The van der Waals surface area contributed by atoms with Gasteiger partial charge < -0.3 is 15.5 Å². The van der Waals surface area contributed by atoms with Gasteiger partial charge in [0, 0.05) is 11.1 Å². The topological polar surface area (TPSA) is 44.4 Å². The number of hydrogen-bond donors (Lipinski definition) is 2. The number of hydrogen-bond acceptors (Lipinski definition) is 2. The molecule has 1 aromatic carbocycles. The quantitative estimate of drug-likeness (QED) is 0.721. The molecule has 0 aromatic heterocycles. The summed E-state index contributed by atoms with van der Waals surface area (Å²) >= 11 is 11.9. The molecule has 1 aromatic rings. The minimum absolute atomic E-state index is 0.113. The van der Waals surface area contributed by atoms with Crippen molar-refractivity contribution in [2.45, 2.75) is 39.7 Å². The predicted octanol–water partition coefficient (Wildman–Crippen LogP) is 4.63. The van der Waals surface area contributed by atoms with Gasteiger partial charge in [-0.3, -0.25) is 0 Å². The van der Waals surface area contributed by atoms with Crippen LogP contribution in [-0.2, 0) is 0 Å². The molecular formula is C16H25Cl2N3O. The highest BCUT2D eigenvalue weighted by Crippen LogP contribution is 2.25. The summed E-state index contributed by atoms with van der Waals surface area (Å²) in [5.41, 5.74) is 0.555. The van der Waals surface area contributed by atoms with Gasteiger partial charge in [0.15, 0.2) is 0 Å². The Morgan fingerprint density at radius 1 is 1.27 bits per heavy atom. The molecular weight excluding hydrogens is 321 g/mol. The lowest BCUT2D eigenvalue weighted by atomic mass is 10.2. The molecule has 6 heteroatoms. The van der Waals surface area contributed by atoms with E-state index in [1.165, 1.54) is 0 Å².